The number of carbonyl (C=O) groups is 2. The Hall–Kier alpha value is -3.60. The van der Waals surface area contributed by atoms with Crippen molar-refractivity contribution in [3.05, 3.63) is 102 Å². The van der Waals surface area contributed by atoms with Gasteiger partial charge in [0.15, 0.2) is 0 Å². The maximum atomic E-state index is 12.8. The predicted octanol–water partition coefficient (Wildman–Crippen LogP) is 5.15. The first-order valence-corrected chi connectivity index (χ1v) is 11.2. The van der Waals surface area contributed by atoms with Crippen LogP contribution >= 0.6 is 0 Å². The Kier molecular flexibility index (Phi) is 7.18. The topological polar surface area (TPSA) is 61.4 Å². The first-order chi connectivity index (χ1) is 15.7. The third-order valence-electron chi connectivity index (χ3n) is 5.85. The Bertz CT molecular complexity index is 992. The average Bonchev–Trinajstić information content (AvgIpc) is 3.38. The Morgan fingerprint density at radius 1 is 0.812 bits per heavy atom. The molecule has 3 amide bonds. The van der Waals surface area contributed by atoms with Crippen molar-refractivity contribution in [1.29, 1.82) is 0 Å². The molecule has 1 aliphatic rings. The summed E-state index contributed by atoms with van der Waals surface area (Å²) in [5, 5.41) is 6.00. The summed E-state index contributed by atoms with van der Waals surface area (Å²) in [7, 11) is 0. The van der Waals surface area contributed by atoms with Gasteiger partial charge in [0.25, 0.3) is 0 Å². The van der Waals surface area contributed by atoms with E-state index in [-0.39, 0.29) is 17.9 Å². The molecule has 1 fully saturated rings. The monoisotopic (exact) mass is 427 g/mol. The van der Waals surface area contributed by atoms with E-state index in [1.165, 1.54) is 0 Å². The van der Waals surface area contributed by atoms with Crippen LogP contribution in [0.3, 0.4) is 0 Å². The lowest BCUT2D eigenvalue weighted by Gasteiger charge is -2.18. The van der Waals surface area contributed by atoms with Crippen molar-refractivity contribution in [2.24, 2.45) is 0 Å². The summed E-state index contributed by atoms with van der Waals surface area (Å²) >= 11 is 0. The van der Waals surface area contributed by atoms with Crippen LogP contribution in [0.1, 0.15) is 41.9 Å². The smallest absolute Gasteiger partial charge is 0.321 e. The van der Waals surface area contributed by atoms with Crippen molar-refractivity contribution < 1.29 is 9.59 Å². The van der Waals surface area contributed by atoms with E-state index < -0.39 is 0 Å². The molecule has 3 aromatic rings. The molecule has 0 saturated carbocycles. The minimum atomic E-state index is -0.0581. The molecule has 5 nitrogen and oxygen atoms in total. The van der Waals surface area contributed by atoms with Gasteiger partial charge in [0.05, 0.1) is 0 Å². The molecule has 32 heavy (non-hydrogen) atoms. The Morgan fingerprint density at radius 2 is 1.44 bits per heavy atom. The lowest BCUT2D eigenvalue weighted by Crippen LogP contribution is -2.32. The molecule has 1 aliphatic heterocycles. The fourth-order valence-corrected chi connectivity index (χ4v) is 4.14. The summed E-state index contributed by atoms with van der Waals surface area (Å²) < 4.78 is 0. The van der Waals surface area contributed by atoms with Crippen LogP contribution in [0, 0.1) is 0 Å². The average molecular weight is 428 g/mol. The van der Waals surface area contributed by atoms with Gasteiger partial charge in [-0.15, -0.1) is 0 Å². The first-order valence-electron chi connectivity index (χ1n) is 11.2. The second kappa shape index (κ2) is 10.6. The SMILES string of the molecule is O=C(CC(c1ccccc1)c1ccccc1)NCc1cccc(NC(=O)N2CCCC2)c1. The molecule has 0 bridgehead atoms. The van der Waals surface area contributed by atoms with Crippen molar-refractivity contribution in [2.75, 3.05) is 18.4 Å². The largest absolute Gasteiger partial charge is 0.352 e. The number of rotatable bonds is 7. The van der Waals surface area contributed by atoms with Crippen LogP contribution in [0.15, 0.2) is 84.9 Å². The maximum absolute atomic E-state index is 12.8. The Morgan fingerprint density at radius 3 is 2.06 bits per heavy atom. The predicted molar refractivity (Wildman–Crippen MR) is 127 cm³/mol. The number of hydrogen-bond donors (Lipinski definition) is 2. The Balaban J connectivity index is 1.37. The van der Waals surface area contributed by atoms with E-state index in [4.69, 9.17) is 0 Å². The third kappa shape index (κ3) is 5.76. The van der Waals surface area contributed by atoms with E-state index in [1.54, 1.807) is 0 Å². The normalized spacial score (nSPS) is 13.2. The number of likely N-dealkylation sites (tertiary alicyclic amines) is 1. The van der Waals surface area contributed by atoms with Gasteiger partial charge >= 0.3 is 6.03 Å². The number of nitrogens with zero attached hydrogens (tertiary/aromatic N) is 1. The highest BCUT2D eigenvalue weighted by molar-refractivity contribution is 5.89. The van der Waals surface area contributed by atoms with Gasteiger partial charge in [-0.25, -0.2) is 4.79 Å². The lowest BCUT2D eigenvalue weighted by atomic mass is 9.88. The molecule has 1 heterocycles. The van der Waals surface area contributed by atoms with E-state index >= 15 is 0 Å². The van der Waals surface area contributed by atoms with Gasteiger partial charge in [-0.3, -0.25) is 4.79 Å². The molecule has 4 rings (SSSR count). The van der Waals surface area contributed by atoms with Crippen molar-refractivity contribution in [1.82, 2.24) is 10.2 Å². The highest BCUT2D eigenvalue weighted by Crippen LogP contribution is 2.27. The van der Waals surface area contributed by atoms with Crippen LogP contribution in [-0.4, -0.2) is 29.9 Å². The van der Waals surface area contributed by atoms with Crippen molar-refractivity contribution in [3.63, 3.8) is 0 Å². The second-order valence-electron chi connectivity index (χ2n) is 8.18. The van der Waals surface area contributed by atoms with Gasteiger partial charge < -0.3 is 15.5 Å². The second-order valence-corrected chi connectivity index (χ2v) is 8.18. The zero-order valence-corrected chi connectivity index (χ0v) is 18.2. The highest BCUT2D eigenvalue weighted by atomic mass is 16.2. The standard InChI is InChI=1S/C27H29N3O2/c31-26(19-25(22-11-3-1-4-12-22)23-13-5-2-6-14-23)28-20-21-10-9-15-24(18-21)29-27(32)30-16-7-8-17-30/h1-6,9-15,18,25H,7-8,16-17,19-20H2,(H,28,31)(H,29,32). The number of benzene rings is 3. The molecule has 0 spiro atoms. The van der Waals surface area contributed by atoms with Crippen LogP contribution in [0.2, 0.25) is 0 Å². The molecular weight excluding hydrogens is 398 g/mol. The fraction of sp³-hybridized carbons (Fsp3) is 0.259. The number of hydrogen-bond acceptors (Lipinski definition) is 2. The number of nitrogens with one attached hydrogen (secondary N) is 2. The summed E-state index contributed by atoms with van der Waals surface area (Å²) in [6, 6.07) is 27.9. The van der Waals surface area contributed by atoms with Crippen molar-refractivity contribution in [2.45, 2.75) is 31.7 Å². The number of carbonyl (C=O) groups excluding carboxylic acids is 2. The van der Waals surface area contributed by atoms with E-state index in [1.807, 2.05) is 65.6 Å². The summed E-state index contributed by atoms with van der Waals surface area (Å²) in [5.74, 6) is -0.00213. The molecule has 1 saturated heterocycles. The molecule has 0 radical (unpaired) electrons. The maximum Gasteiger partial charge on any atom is 0.321 e. The quantitative estimate of drug-likeness (QED) is 0.548. The van der Waals surface area contributed by atoms with Crippen LogP contribution in [0.25, 0.3) is 0 Å². The van der Waals surface area contributed by atoms with Crippen molar-refractivity contribution >= 4 is 17.6 Å². The minimum absolute atomic E-state index is 0.00323. The van der Waals surface area contributed by atoms with Crippen LogP contribution in [0.5, 0.6) is 0 Å². The van der Waals surface area contributed by atoms with Gasteiger partial charge in [0, 0.05) is 37.7 Å². The van der Waals surface area contributed by atoms with E-state index in [0.29, 0.717) is 13.0 Å². The van der Waals surface area contributed by atoms with Crippen LogP contribution in [-0.2, 0) is 11.3 Å². The van der Waals surface area contributed by atoms with Gasteiger partial charge in [0.1, 0.15) is 0 Å². The summed E-state index contributed by atoms with van der Waals surface area (Å²) in [6.45, 7) is 2.04. The van der Waals surface area contributed by atoms with Crippen LogP contribution in [0.4, 0.5) is 10.5 Å². The zero-order chi connectivity index (χ0) is 22.2. The van der Waals surface area contributed by atoms with E-state index in [0.717, 1.165) is 48.3 Å². The summed E-state index contributed by atoms with van der Waals surface area (Å²) in [4.78, 5) is 27.0. The van der Waals surface area contributed by atoms with Gasteiger partial charge in [-0.2, -0.15) is 0 Å². The van der Waals surface area contributed by atoms with Gasteiger partial charge in [-0.1, -0.05) is 72.8 Å². The first kappa shape index (κ1) is 21.6. The minimum Gasteiger partial charge on any atom is -0.352 e. The molecule has 0 aromatic heterocycles. The molecular formula is C27H29N3O2. The van der Waals surface area contributed by atoms with Crippen LogP contribution < -0.4 is 10.6 Å². The molecule has 2 N–H and O–H groups in total. The number of amides is 3. The van der Waals surface area contributed by atoms with E-state index in [9.17, 15) is 9.59 Å². The highest BCUT2D eigenvalue weighted by Gasteiger charge is 2.19. The number of urea groups is 1. The number of anilines is 1. The van der Waals surface area contributed by atoms with Crippen molar-refractivity contribution in [3.8, 4) is 0 Å². The fourth-order valence-electron chi connectivity index (χ4n) is 4.14. The molecule has 0 aliphatic carbocycles. The summed E-state index contributed by atoms with van der Waals surface area (Å²) in [6.07, 6.45) is 2.50. The van der Waals surface area contributed by atoms with E-state index in [2.05, 4.69) is 34.9 Å². The van der Waals surface area contributed by atoms with Gasteiger partial charge in [-0.05, 0) is 41.7 Å². The van der Waals surface area contributed by atoms with Gasteiger partial charge in [0.2, 0.25) is 5.91 Å². The molecule has 5 heteroatoms. The molecule has 164 valence electrons. The molecule has 3 aromatic carbocycles. The lowest BCUT2D eigenvalue weighted by molar-refractivity contribution is -0.121. The summed E-state index contributed by atoms with van der Waals surface area (Å²) in [5.41, 5.74) is 3.95. The third-order valence-corrected chi connectivity index (χ3v) is 5.85. The Labute approximate surface area is 189 Å². The zero-order valence-electron chi connectivity index (χ0n) is 18.2. The molecule has 0 unspecified atom stereocenters. The molecule has 0 atom stereocenters.